The van der Waals surface area contributed by atoms with Gasteiger partial charge in [0.25, 0.3) is 5.56 Å². The van der Waals surface area contributed by atoms with Gasteiger partial charge in [-0.3, -0.25) is 9.89 Å². The van der Waals surface area contributed by atoms with Crippen molar-refractivity contribution < 1.29 is 9.47 Å². The molecular formula is C13H9N5O3. The molecule has 21 heavy (non-hydrogen) atoms. The number of ether oxygens (including phenoxy) is 2. The second kappa shape index (κ2) is 4.44. The predicted molar refractivity (Wildman–Crippen MR) is 73.7 cm³/mol. The number of nitrogens with zero attached hydrogens (tertiary/aromatic N) is 4. The summed E-state index contributed by atoms with van der Waals surface area (Å²) < 4.78 is 11.7. The van der Waals surface area contributed by atoms with Gasteiger partial charge in [0.1, 0.15) is 11.7 Å². The van der Waals surface area contributed by atoms with Crippen LogP contribution in [-0.2, 0) is 0 Å². The molecule has 1 aromatic carbocycles. The number of hydrogen-bond acceptors (Lipinski definition) is 6. The van der Waals surface area contributed by atoms with E-state index in [9.17, 15) is 4.79 Å². The van der Waals surface area contributed by atoms with E-state index in [4.69, 9.17) is 9.47 Å². The standard InChI is InChI=1S/C13H9N5O3/c19-13-9-5-15-17-12(9)14-6-18(13)16-4-8-1-2-10-11(3-8)21-7-20-10/h1-6H,7H2,(H,15,17)/b16-4+. The zero-order valence-electron chi connectivity index (χ0n) is 10.7. The smallest absolute Gasteiger partial charge is 0.285 e. The first-order valence-corrected chi connectivity index (χ1v) is 6.16. The molecule has 0 aliphatic carbocycles. The summed E-state index contributed by atoms with van der Waals surface area (Å²) in [5, 5.41) is 10.9. The summed E-state index contributed by atoms with van der Waals surface area (Å²) in [5.41, 5.74) is 0.943. The lowest BCUT2D eigenvalue weighted by molar-refractivity contribution is 0.174. The summed E-state index contributed by atoms with van der Waals surface area (Å²) in [5.74, 6) is 1.36. The Morgan fingerprint density at radius 3 is 3.19 bits per heavy atom. The van der Waals surface area contributed by atoms with E-state index in [0.717, 1.165) is 10.2 Å². The molecule has 0 atom stereocenters. The van der Waals surface area contributed by atoms with Crippen molar-refractivity contribution in [2.24, 2.45) is 5.10 Å². The zero-order valence-corrected chi connectivity index (χ0v) is 10.7. The quantitative estimate of drug-likeness (QED) is 0.700. The number of rotatable bonds is 2. The topological polar surface area (TPSA) is 94.4 Å². The van der Waals surface area contributed by atoms with E-state index in [0.29, 0.717) is 22.5 Å². The van der Waals surface area contributed by atoms with Crippen LogP contribution in [0.2, 0.25) is 0 Å². The van der Waals surface area contributed by atoms with Crippen LogP contribution < -0.4 is 15.0 Å². The summed E-state index contributed by atoms with van der Waals surface area (Å²) in [6.45, 7) is 0.219. The number of nitrogens with one attached hydrogen (secondary N) is 1. The zero-order chi connectivity index (χ0) is 14.2. The number of aromatic nitrogens is 4. The molecule has 0 saturated carbocycles. The second-order valence-electron chi connectivity index (χ2n) is 4.38. The van der Waals surface area contributed by atoms with Gasteiger partial charge in [-0.05, 0) is 23.8 Å². The summed E-state index contributed by atoms with van der Waals surface area (Å²) in [4.78, 5) is 16.2. The highest BCUT2D eigenvalue weighted by Crippen LogP contribution is 2.31. The van der Waals surface area contributed by atoms with Crippen molar-refractivity contribution in [3.8, 4) is 11.5 Å². The highest BCUT2D eigenvalue weighted by Gasteiger charge is 2.12. The predicted octanol–water partition coefficient (Wildman–Crippen LogP) is 0.730. The van der Waals surface area contributed by atoms with Gasteiger partial charge in [-0.15, -0.1) is 0 Å². The maximum atomic E-state index is 12.1. The van der Waals surface area contributed by atoms with Gasteiger partial charge < -0.3 is 9.47 Å². The van der Waals surface area contributed by atoms with Gasteiger partial charge in [0.15, 0.2) is 17.1 Å². The first-order valence-electron chi connectivity index (χ1n) is 6.16. The van der Waals surface area contributed by atoms with Gasteiger partial charge in [0, 0.05) is 0 Å². The Morgan fingerprint density at radius 1 is 1.33 bits per heavy atom. The largest absolute Gasteiger partial charge is 0.454 e. The van der Waals surface area contributed by atoms with Crippen molar-refractivity contribution in [3.63, 3.8) is 0 Å². The third-order valence-corrected chi connectivity index (χ3v) is 3.08. The highest BCUT2D eigenvalue weighted by atomic mass is 16.7. The average Bonchev–Trinajstić information content (AvgIpc) is 3.15. The second-order valence-corrected chi connectivity index (χ2v) is 4.38. The molecule has 0 radical (unpaired) electrons. The Labute approximate surface area is 117 Å². The van der Waals surface area contributed by atoms with Gasteiger partial charge in [0.05, 0.1) is 12.4 Å². The number of hydrogen-bond donors (Lipinski definition) is 1. The third-order valence-electron chi connectivity index (χ3n) is 3.08. The van der Waals surface area contributed by atoms with E-state index in [-0.39, 0.29) is 12.4 Å². The van der Waals surface area contributed by atoms with Crippen LogP contribution in [0.1, 0.15) is 5.56 Å². The fourth-order valence-corrected chi connectivity index (χ4v) is 2.03. The molecule has 8 heteroatoms. The van der Waals surface area contributed by atoms with Crippen LogP contribution in [-0.4, -0.2) is 32.9 Å². The van der Waals surface area contributed by atoms with Gasteiger partial charge in [-0.1, -0.05) is 0 Å². The average molecular weight is 283 g/mol. The minimum Gasteiger partial charge on any atom is -0.454 e. The molecule has 0 fully saturated rings. The van der Waals surface area contributed by atoms with E-state index >= 15 is 0 Å². The van der Waals surface area contributed by atoms with Crippen LogP contribution in [0.25, 0.3) is 11.0 Å². The normalized spacial score (nSPS) is 13.3. The third kappa shape index (κ3) is 1.93. The van der Waals surface area contributed by atoms with Crippen molar-refractivity contribution >= 4 is 17.2 Å². The molecule has 0 unspecified atom stereocenters. The Kier molecular flexibility index (Phi) is 2.46. The first kappa shape index (κ1) is 11.6. The van der Waals surface area contributed by atoms with E-state index in [1.807, 2.05) is 6.07 Å². The molecule has 104 valence electrons. The SMILES string of the molecule is O=c1c2cn[nH]c2ncn1/N=C/c1ccc2c(c1)OCO2. The monoisotopic (exact) mass is 283 g/mol. The highest BCUT2D eigenvalue weighted by molar-refractivity contribution is 5.81. The number of H-pyrrole nitrogens is 1. The van der Waals surface area contributed by atoms with Gasteiger partial charge in [0.2, 0.25) is 6.79 Å². The molecular weight excluding hydrogens is 274 g/mol. The molecule has 2 aromatic heterocycles. The first-order chi connectivity index (χ1) is 10.3. The summed E-state index contributed by atoms with van der Waals surface area (Å²) in [6.07, 6.45) is 4.32. The Hall–Kier alpha value is -3.16. The van der Waals surface area contributed by atoms with Crippen LogP contribution in [0.15, 0.2) is 40.6 Å². The van der Waals surface area contributed by atoms with Crippen LogP contribution in [0, 0.1) is 0 Å². The maximum absolute atomic E-state index is 12.1. The molecule has 1 aliphatic rings. The lowest BCUT2D eigenvalue weighted by atomic mass is 10.2. The van der Waals surface area contributed by atoms with Crippen molar-refractivity contribution in [2.75, 3.05) is 6.79 Å². The molecule has 1 aliphatic heterocycles. The van der Waals surface area contributed by atoms with E-state index < -0.39 is 0 Å². The Morgan fingerprint density at radius 2 is 2.24 bits per heavy atom. The molecule has 3 heterocycles. The molecule has 8 nitrogen and oxygen atoms in total. The van der Waals surface area contributed by atoms with Crippen LogP contribution in [0.3, 0.4) is 0 Å². The minimum absolute atomic E-state index is 0.219. The van der Waals surface area contributed by atoms with Crippen molar-refractivity contribution in [2.45, 2.75) is 0 Å². The fraction of sp³-hybridized carbons (Fsp3) is 0.0769. The molecule has 0 saturated heterocycles. The molecule has 0 bridgehead atoms. The fourth-order valence-electron chi connectivity index (χ4n) is 2.03. The van der Waals surface area contributed by atoms with E-state index in [1.165, 1.54) is 12.5 Å². The van der Waals surface area contributed by atoms with E-state index in [1.54, 1.807) is 18.3 Å². The molecule has 0 spiro atoms. The Bertz CT molecular complexity index is 912. The lowest BCUT2D eigenvalue weighted by Gasteiger charge is -1.99. The Balaban J connectivity index is 1.70. The number of aromatic amines is 1. The molecule has 1 N–H and O–H groups in total. The molecule has 0 amide bonds. The van der Waals surface area contributed by atoms with Gasteiger partial charge in [-0.2, -0.15) is 14.9 Å². The summed E-state index contributed by atoms with van der Waals surface area (Å²) >= 11 is 0. The molecule has 4 rings (SSSR count). The van der Waals surface area contributed by atoms with Crippen molar-refractivity contribution in [1.29, 1.82) is 0 Å². The van der Waals surface area contributed by atoms with Crippen molar-refractivity contribution in [1.82, 2.24) is 19.9 Å². The lowest BCUT2D eigenvalue weighted by Crippen LogP contribution is -2.16. The van der Waals surface area contributed by atoms with Crippen LogP contribution >= 0.6 is 0 Å². The minimum atomic E-state index is -0.286. The van der Waals surface area contributed by atoms with Crippen LogP contribution in [0.4, 0.5) is 0 Å². The maximum Gasteiger partial charge on any atom is 0.285 e. The van der Waals surface area contributed by atoms with Gasteiger partial charge in [-0.25, -0.2) is 4.98 Å². The van der Waals surface area contributed by atoms with E-state index in [2.05, 4.69) is 20.3 Å². The number of fused-ring (bicyclic) bond motifs is 2. The molecule has 3 aromatic rings. The summed E-state index contributed by atoms with van der Waals surface area (Å²) in [6, 6.07) is 5.41. The van der Waals surface area contributed by atoms with Crippen LogP contribution in [0.5, 0.6) is 11.5 Å². The van der Waals surface area contributed by atoms with Crippen molar-refractivity contribution in [3.05, 3.63) is 46.6 Å². The number of benzene rings is 1. The van der Waals surface area contributed by atoms with Gasteiger partial charge >= 0.3 is 0 Å². The summed E-state index contributed by atoms with van der Waals surface area (Å²) in [7, 11) is 0.